The molecule has 0 radical (unpaired) electrons. The van der Waals surface area contributed by atoms with E-state index in [0.29, 0.717) is 49.6 Å². The topological polar surface area (TPSA) is 114 Å². The fourth-order valence-electron chi connectivity index (χ4n) is 3.25. The molecule has 0 bridgehead atoms. The molecular weight excluding hydrogens is 426 g/mol. The second-order valence-electron chi connectivity index (χ2n) is 9.55. The van der Waals surface area contributed by atoms with Gasteiger partial charge in [0.1, 0.15) is 5.60 Å². The van der Waals surface area contributed by atoms with Crippen LogP contribution in [0.15, 0.2) is 24.3 Å². The molecule has 1 aliphatic rings. The number of rotatable bonds is 7. The minimum atomic E-state index is -0.575. The Morgan fingerprint density at radius 2 is 1.73 bits per heavy atom. The van der Waals surface area contributed by atoms with E-state index in [-0.39, 0.29) is 11.8 Å². The number of anilines is 1. The predicted molar refractivity (Wildman–Crippen MR) is 124 cm³/mol. The van der Waals surface area contributed by atoms with Gasteiger partial charge in [-0.15, -0.1) is 0 Å². The number of hydrogen-bond acceptors (Lipinski definition) is 6. The summed E-state index contributed by atoms with van der Waals surface area (Å²) in [5, 5.41) is 5.45. The molecule has 0 aliphatic carbocycles. The smallest absolute Gasteiger partial charge is 0.410 e. The number of ether oxygens (including phenoxy) is 2. The van der Waals surface area contributed by atoms with E-state index in [1.165, 1.54) is 0 Å². The number of carbonyl (C=O) groups is 4. The van der Waals surface area contributed by atoms with Crippen LogP contribution in [0.5, 0.6) is 0 Å². The van der Waals surface area contributed by atoms with Crippen molar-refractivity contribution in [2.75, 3.05) is 31.6 Å². The molecule has 9 nitrogen and oxygen atoms in total. The maximum atomic E-state index is 12.4. The fourth-order valence-corrected chi connectivity index (χ4v) is 3.25. The zero-order valence-electron chi connectivity index (χ0n) is 20.1. The minimum absolute atomic E-state index is 0.284. The van der Waals surface area contributed by atoms with E-state index < -0.39 is 30.2 Å². The summed E-state index contributed by atoms with van der Waals surface area (Å²) in [5.41, 5.74) is 0.117. The number of para-hydroxylation sites is 1. The highest BCUT2D eigenvalue weighted by atomic mass is 16.6. The van der Waals surface area contributed by atoms with Gasteiger partial charge in [-0.3, -0.25) is 14.4 Å². The number of carbonyl (C=O) groups excluding carboxylic acids is 4. The van der Waals surface area contributed by atoms with E-state index in [2.05, 4.69) is 10.6 Å². The molecule has 0 spiro atoms. The molecule has 9 heteroatoms. The van der Waals surface area contributed by atoms with Gasteiger partial charge in [0, 0.05) is 19.6 Å². The molecular formula is C24H35N3O6. The maximum Gasteiger partial charge on any atom is 0.410 e. The molecule has 1 aromatic rings. The molecule has 1 fully saturated rings. The summed E-state index contributed by atoms with van der Waals surface area (Å²) in [4.78, 5) is 50.8. The Morgan fingerprint density at radius 1 is 1.09 bits per heavy atom. The first-order valence-corrected chi connectivity index (χ1v) is 11.3. The van der Waals surface area contributed by atoms with Crippen LogP contribution in [0.25, 0.3) is 0 Å². The van der Waals surface area contributed by atoms with Gasteiger partial charge in [-0.2, -0.15) is 0 Å². The second-order valence-corrected chi connectivity index (χ2v) is 9.55. The van der Waals surface area contributed by atoms with Crippen molar-refractivity contribution in [1.29, 1.82) is 0 Å². The van der Waals surface area contributed by atoms with Crippen LogP contribution in [-0.4, -0.2) is 60.6 Å². The van der Waals surface area contributed by atoms with Crippen molar-refractivity contribution in [2.45, 2.75) is 53.1 Å². The third-order valence-corrected chi connectivity index (χ3v) is 4.94. The van der Waals surface area contributed by atoms with Crippen LogP contribution in [0.4, 0.5) is 10.5 Å². The Balaban J connectivity index is 1.81. The molecule has 0 unspecified atom stereocenters. The van der Waals surface area contributed by atoms with Crippen molar-refractivity contribution in [3.05, 3.63) is 29.8 Å². The molecule has 0 atom stereocenters. The number of hydrogen-bond donors (Lipinski definition) is 2. The maximum absolute atomic E-state index is 12.4. The summed E-state index contributed by atoms with van der Waals surface area (Å²) >= 11 is 0. The highest BCUT2D eigenvalue weighted by Crippen LogP contribution is 2.21. The van der Waals surface area contributed by atoms with Gasteiger partial charge >= 0.3 is 12.1 Å². The van der Waals surface area contributed by atoms with Gasteiger partial charge in [-0.1, -0.05) is 26.0 Å². The van der Waals surface area contributed by atoms with Crippen molar-refractivity contribution < 1.29 is 28.7 Å². The number of nitrogens with zero attached hydrogens (tertiary/aromatic N) is 1. The average Bonchev–Trinajstić information content (AvgIpc) is 2.75. The number of nitrogens with one attached hydrogen (secondary N) is 2. The molecule has 1 aliphatic heterocycles. The van der Waals surface area contributed by atoms with E-state index in [1.54, 1.807) is 49.9 Å². The van der Waals surface area contributed by atoms with Crippen molar-refractivity contribution >= 4 is 29.6 Å². The summed E-state index contributed by atoms with van der Waals surface area (Å²) in [7, 11) is 0. The van der Waals surface area contributed by atoms with Crippen LogP contribution in [0.1, 0.15) is 57.8 Å². The molecule has 33 heavy (non-hydrogen) atoms. The number of piperidine rings is 1. The Morgan fingerprint density at radius 3 is 2.33 bits per heavy atom. The molecule has 2 rings (SSSR count). The molecule has 1 saturated heterocycles. The monoisotopic (exact) mass is 461 g/mol. The molecule has 1 heterocycles. The quantitative estimate of drug-likeness (QED) is 0.603. The van der Waals surface area contributed by atoms with Crippen LogP contribution < -0.4 is 10.6 Å². The lowest BCUT2D eigenvalue weighted by Gasteiger charge is -2.32. The zero-order valence-corrected chi connectivity index (χ0v) is 20.1. The largest absolute Gasteiger partial charge is 0.455 e. The van der Waals surface area contributed by atoms with Crippen molar-refractivity contribution in [2.24, 2.45) is 11.8 Å². The minimum Gasteiger partial charge on any atom is -0.455 e. The van der Waals surface area contributed by atoms with Crippen LogP contribution in [0.3, 0.4) is 0 Å². The van der Waals surface area contributed by atoms with Crippen LogP contribution in [-0.2, 0) is 19.1 Å². The molecule has 2 N–H and O–H groups in total. The average molecular weight is 462 g/mol. The van der Waals surface area contributed by atoms with E-state index in [4.69, 9.17) is 9.47 Å². The lowest BCUT2D eigenvalue weighted by atomic mass is 9.97. The third kappa shape index (κ3) is 8.75. The van der Waals surface area contributed by atoms with E-state index in [0.717, 1.165) is 0 Å². The standard InChI is InChI=1S/C24H35N3O6/c1-16(2)14-25-21(29)18-8-6-7-9-19(18)26-20(28)15-32-22(30)17-10-12-27(13-11-17)23(31)33-24(3,4)5/h6-9,16-17H,10-15H2,1-5H3,(H,25,29)(H,26,28). The van der Waals surface area contributed by atoms with E-state index in [9.17, 15) is 19.2 Å². The van der Waals surface area contributed by atoms with Gasteiger partial charge in [-0.25, -0.2) is 4.79 Å². The summed E-state index contributed by atoms with van der Waals surface area (Å²) in [6, 6.07) is 6.66. The van der Waals surface area contributed by atoms with Crippen molar-refractivity contribution in [1.82, 2.24) is 10.2 Å². The van der Waals surface area contributed by atoms with Crippen LogP contribution in [0.2, 0.25) is 0 Å². The lowest BCUT2D eigenvalue weighted by Crippen LogP contribution is -2.43. The Kier molecular flexibility index (Phi) is 9.25. The molecule has 0 saturated carbocycles. The van der Waals surface area contributed by atoms with Gasteiger partial charge in [0.05, 0.1) is 17.2 Å². The first-order valence-electron chi connectivity index (χ1n) is 11.3. The molecule has 182 valence electrons. The summed E-state index contributed by atoms with van der Waals surface area (Å²) < 4.78 is 10.5. The molecule has 3 amide bonds. The summed E-state index contributed by atoms with van der Waals surface area (Å²) in [5.74, 6) is -1.37. The Hall–Kier alpha value is -3.10. The molecule has 0 aromatic heterocycles. The molecule has 1 aromatic carbocycles. The van der Waals surface area contributed by atoms with E-state index >= 15 is 0 Å². The zero-order chi connectivity index (χ0) is 24.6. The normalized spacial score (nSPS) is 14.5. The Bertz CT molecular complexity index is 854. The van der Waals surface area contributed by atoms with E-state index in [1.807, 2.05) is 13.8 Å². The fraction of sp³-hybridized carbons (Fsp3) is 0.583. The first kappa shape index (κ1) is 26.2. The van der Waals surface area contributed by atoms with Gasteiger partial charge in [0.2, 0.25) is 0 Å². The summed E-state index contributed by atoms with van der Waals surface area (Å²) in [6.45, 7) is 10.2. The second kappa shape index (κ2) is 11.7. The first-order chi connectivity index (χ1) is 15.5. The van der Waals surface area contributed by atoms with Gasteiger partial charge in [0.25, 0.3) is 11.8 Å². The van der Waals surface area contributed by atoms with Crippen molar-refractivity contribution in [3.8, 4) is 0 Å². The number of amides is 3. The van der Waals surface area contributed by atoms with Crippen molar-refractivity contribution in [3.63, 3.8) is 0 Å². The Labute approximate surface area is 195 Å². The highest BCUT2D eigenvalue weighted by molar-refractivity contribution is 6.04. The number of esters is 1. The SMILES string of the molecule is CC(C)CNC(=O)c1ccccc1NC(=O)COC(=O)C1CCN(C(=O)OC(C)(C)C)CC1. The van der Waals surface area contributed by atoms with Crippen LogP contribution >= 0.6 is 0 Å². The van der Waals surface area contributed by atoms with Gasteiger partial charge in [0.15, 0.2) is 6.61 Å². The predicted octanol–water partition coefficient (Wildman–Crippen LogP) is 3.20. The third-order valence-electron chi connectivity index (χ3n) is 4.94. The van der Waals surface area contributed by atoms with Crippen LogP contribution in [0, 0.1) is 11.8 Å². The highest BCUT2D eigenvalue weighted by Gasteiger charge is 2.31. The van der Waals surface area contributed by atoms with Gasteiger partial charge < -0.3 is 25.0 Å². The number of benzene rings is 1. The lowest BCUT2D eigenvalue weighted by molar-refractivity contribution is -0.153. The number of likely N-dealkylation sites (tertiary alicyclic amines) is 1. The summed E-state index contributed by atoms with van der Waals surface area (Å²) in [6.07, 6.45) is 0.488. The van der Waals surface area contributed by atoms with Gasteiger partial charge in [-0.05, 0) is 51.7 Å².